The van der Waals surface area contributed by atoms with E-state index >= 15 is 0 Å². The van der Waals surface area contributed by atoms with Gasteiger partial charge in [0.25, 0.3) is 11.8 Å². The van der Waals surface area contributed by atoms with E-state index in [1.165, 1.54) is 29.2 Å². The third kappa shape index (κ3) is 3.93. The van der Waals surface area contributed by atoms with Gasteiger partial charge in [0.05, 0.1) is 5.56 Å². The number of aromatic nitrogens is 1. The molecule has 1 aliphatic heterocycles. The molecule has 0 spiro atoms. The largest absolute Gasteiger partial charge is 0.416 e. The number of nitrogens with one attached hydrogen (secondary N) is 1. The maximum absolute atomic E-state index is 12.8. The van der Waals surface area contributed by atoms with Crippen LogP contribution < -0.4 is 5.32 Å². The summed E-state index contributed by atoms with van der Waals surface area (Å²) in [6, 6.07) is 6.54. The van der Waals surface area contributed by atoms with E-state index in [0.717, 1.165) is 17.8 Å². The molecule has 30 heavy (non-hydrogen) atoms. The predicted molar refractivity (Wildman–Crippen MR) is 111 cm³/mol. The molecule has 1 aliphatic rings. The predicted octanol–water partition coefficient (Wildman–Crippen LogP) is 3.93. The Kier molecular flexibility index (Phi) is 5.67. The van der Waals surface area contributed by atoms with Crippen LogP contribution in [-0.2, 0) is 15.8 Å². The van der Waals surface area contributed by atoms with Crippen molar-refractivity contribution in [2.45, 2.75) is 20.0 Å². The second-order valence-electron chi connectivity index (χ2n) is 6.73. The smallest absolute Gasteiger partial charge is 0.318 e. The lowest BCUT2D eigenvalue weighted by molar-refractivity contribution is -0.137. The molecule has 0 unspecified atom stereocenters. The Morgan fingerprint density at radius 3 is 2.37 bits per heavy atom. The molecule has 0 bridgehead atoms. The van der Waals surface area contributed by atoms with Gasteiger partial charge in [0.15, 0.2) is 5.11 Å². The highest BCUT2D eigenvalue weighted by Gasteiger charge is 2.33. The van der Waals surface area contributed by atoms with Crippen molar-refractivity contribution in [1.29, 1.82) is 0 Å². The zero-order valence-electron chi connectivity index (χ0n) is 16.2. The van der Waals surface area contributed by atoms with E-state index in [0.29, 0.717) is 16.9 Å². The molecule has 1 aromatic heterocycles. The highest BCUT2D eigenvalue weighted by Crippen LogP contribution is 2.31. The summed E-state index contributed by atoms with van der Waals surface area (Å²) in [6.07, 6.45) is -1.46. The van der Waals surface area contributed by atoms with E-state index in [-0.39, 0.29) is 17.2 Å². The lowest BCUT2D eigenvalue weighted by Crippen LogP contribution is -2.53. The molecule has 3 rings (SSSR count). The molecule has 2 heterocycles. The van der Waals surface area contributed by atoms with Crippen LogP contribution in [-0.4, -0.2) is 32.9 Å². The maximum Gasteiger partial charge on any atom is 0.416 e. The number of carbonyl (C=O) groups is 2. The molecule has 2 amide bonds. The molecule has 156 valence electrons. The van der Waals surface area contributed by atoms with Crippen LogP contribution in [0.15, 0.2) is 48.6 Å². The average Bonchev–Trinajstić information content (AvgIpc) is 2.95. The summed E-state index contributed by atoms with van der Waals surface area (Å²) in [6.45, 7) is 7.27. The standard InChI is InChI=1S/C21H18F3N3O2S/c1-4-9-26-19(29)17(18(28)25-20(26)30)11-14-10-12(2)27(13(14)3)16-7-5-15(6-8-16)21(22,23)24/h4-8,10-11H,1,9H2,2-3H3,(H,25,28,30)/b17-11+. The number of halogens is 3. The van der Waals surface area contributed by atoms with Crippen LogP contribution in [0.3, 0.4) is 0 Å². The molecule has 1 fully saturated rings. The van der Waals surface area contributed by atoms with E-state index in [2.05, 4.69) is 11.9 Å². The van der Waals surface area contributed by atoms with Crippen molar-refractivity contribution in [1.82, 2.24) is 14.8 Å². The van der Waals surface area contributed by atoms with Crippen molar-refractivity contribution in [2.75, 3.05) is 6.54 Å². The molecule has 0 aliphatic carbocycles. The lowest BCUT2D eigenvalue weighted by atomic mass is 10.1. The van der Waals surface area contributed by atoms with Gasteiger partial charge in [0.1, 0.15) is 5.57 Å². The molecule has 5 nitrogen and oxygen atoms in total. The summed E-state index contributed by atoms with van der Waals surface area (Å²) in [5.41, 5.74) is 1.72. The van der Waals surface area contributed by atoms with Crippen LogP contribution in [0.1, 0.15) is 22.5 Å². The Labute approximate surface area is 176 Å². The zero-order valence-corrected chi connectivity index (χ0v) is 17.0. The molecule has 0 radical (unpaired) electrons. The molecule has 1 saturated heterocycles. The van der Waals surface area contributed by atoms with Crippen LogP contribution in [0, 0.1) is 13.8 Å². The van der Waals surface area contributed by atoms with Crippen LogP contribution in [0.25, 0.3) is 11.8 Å². The second kappa shape index (κ2) is 7.91. The summed E-state index contributed by atoms with van der Waals surface area (Å²) in [7, 11) is 0. The topological polar surface area (TPSA) is 54.3 Å². The fourth-order valence-electron chi connectivity index (χ4n) is 3.27. The first-order chi connectivity index (χ1) is 14.0. The molecular formula is C21H18F3N3O2S. The van der Waals surface area contributed by atoms with E-state index in [4.69, 9.17) is 12.2 Å². The Morgan fingerprint density at radius 1 is 1.17 bits per heavy atom. The minimum Gasteiger partial charge on any atom is -0.318 e. The van der Waals surface area contributed by atoms with Crippen molar-refractivity contribution in [3.05, 3.63) is 71.1 Å². The van der Waals surface area contributed by atoms with Gasteiger partial charge in [-0.1, -0.05) is 6.08 Å². The van der Waals surface area contributed by atoms with Crippen LogP contribution in [0.2, 0.25) is 0 Å². The highest BCUT2D eigenvalue weighted by molar-refractivity contribution is 7.80. The quantitative estimate of drug-likeness (QED) is 0.344. The second-order valence-corrected chi connectivity index (χ2v) is 7.11. The van der Waals surface area contributed by atoms with Crippen molar-refractivity contribution >= 4 is 35.2 Å². The van der Waals surface area contributed by atoms with Gasteiger partial charge in [0, 0.05) is 23.6 Å². The van der Waals surface area contributed by atoms with Crippen LogP contribution >= 0.6 is 12.2 Å². The Hall–Kier alpha value is -3.20. The fraction of sp³-hybridized carbons (Fsp3) is 0.190. The minimum atomic E-state index is -4.42. The lowest BCUT2D eigenvalue weighted by Gasteiger charge is -2.27. The van der Waals surface area contributed by atoms with Crippen LogP contribution in [0.5, 0.6) is 0 Å². The molecule has 9 heteroatoms. The number of hydrogen-bond donors (Lipinski definition) is 1. The van der Waals surface area contributed by atoms with Gasteiger partial charge >= 0.3 is 6.18 Å². The van der Waals surface area contributed by atoms with E-state index in [1.807, 2.05) is 0 Å². The molecular weight excluding hydrogens is 415 g/mol. The highest BCUT2D eigenvalue weighted by atomic mass is 32.1. The van der Waals surface area contributed by atoms with E-state index < -0.39 is 23.6 Å². The fourth-order valence-corrected chi connectivity index (χ4v) is 3.53. The maximum atomic E-state index is 12.8. The van der Waals surface area contributed by atoms with Gasteiger partial charge in [-0.05, 0) is 68.0 Å². The van der Waals surface area contributed by atoms with Crippen molar-refractivity contribution < 1.29 is 22.8 Å². The first-order valence-corrected chi connectivity index (χ1v) is 9.31. The van der Waals surface area contributed by atoms with Gasteiger partial charge in [-0.25, -0.2) is 0 Å². The Bertz CT molecular complexity index is 1080. The molecule has 1 N–H and O–H groups in total. The van der Waals surface area contributed by atoms with Crippen molar-refractivity contribution in [3.8, 4) is 5.69 Å². The van der Waals surface area contributed by atoms with Gasteiger partial charge in [-0.3, -0.25) is 19.8 Å². The Balaban J connectivity index is 2.01. The normalized spacial score (nSPS) is 16.2. The SMILES string of the molecule is C=CCN1C(=O)/C(=C/c2cc(C)n(-c3ccc(C(F)(F)F)cc3)c2C)C(=O)NC1=S. The van der Waals surface area contributed by atoms with E-state index in [9.17, 15) is 22.8 Å². The summed E-state index contributed by atoms with van der Waals surface area (Å²) >= 11 is 5.03. The number of benzene rings is 1. The molecule has 0 atom stereocenters. The molecule has 2 aromatic rings. The third-order valence-electron chi connectivity index (χ3n) is 4.72. The summed E-state index contributed by atoms with van der Waals surface area (Å²) in [4.78, 5) is 26.2. The monoisotopic (exact) mass is 433 g/mol. The van der Waals surface area contributed by atoms with Gasteiger partial charge in [-0.2, -0.15) is 13.2 Å². The number of aryl methyl sites for hydroxylation is 1. The average molecular weight is 433 g/mol. The molecule has 0 saturated carbocycles. The molecule has 1 aromatic carbocycles. The first kappa shape index (κ1) is 21.5. The van der Waals surface area contributed by atoms with Crippen LogP contribution in [0.4, 0.5) is 13.2 Å². The third-order valence-corrected chi connectivity index (χ3v) is 5.04. The number of nitrogens with zero attached hydrogens (tertiary/aromatic N) is 2. The number of alkyl halides is 3. The summed E-state index contributed by atoms with van der Waals surface area (Å²) in [5, 5.41) is 2.49. The van der Waals surface area contributed by atoms with E-state index in [1.54, 1.807) is 24.5 Å². The number of carbonyl (C=O) groups excluding carboxylic acids is 2. The van der Waals surface area contributed by atoms with Gasteiger partial charge in [-0.15, -0.1) is 6.58 Å². The number of hydrogen-bond acceptors (Lipinski definition) is 3. The van der Waals surface area contributed by atoms with Gasteiger partial charge in [0.2, 0.25) is 0 Å². The van der Waals surface area contributed by atoms with Gasteiger partial charge < -0.3 is 4.57 Å². The summed E-state index contributed by atoms with van der Waals surface area (Å²) in [5.74, 6) is -1.15. The van der Waals surface area contributed by atoms with Crippen molar-refractivity contribution in [3.63, 3.8) is 0 Å². The van der Waals surface area contributed by atoms with Crippen molar-refractivity contribution in [2.24, 2.45) is 0 Å². The minimum absolute atomic E-state index is 0.0114. The Morgan fingerprint density at radius 2 is 1.80 bits per heavy atom. The zero-order chi connectivity index (χ0) is 22.2. The summed E-state index contributed by atoms with van der Waals surface area (Å²) < 4.78 is 40.2. The first-order valence-electron chi connectivity index (χ1n) is 8.91. The number of thiocarbonyl (C=S) groups is 1. The number of rotatable bonds is 4. The number of amides is 2.